The highest BCUT2D eigenvalue weighted by atomic mass is 16.5. The summed E-state index contributed by atoms with van der Waals surface area (Å²) in [7, 11) is 1.43. The van der Waals surface area contributed by atoms with Crippen molar-refractivity contribution in [2.24, 2.45) is 5.92 Å². The topological polar surface area (TPSA) is 29.5 Å². The molecule has 1 aliphatic rings. The summed E-state index contributed by atoms with van der Waals surface area (Å²) in [6, 6.07) is 18.6. The normalized spacial score (nSPS) is 21.4. The molecule has 24 heavy (non-hydrogen) atoms. The van der Waals surface area contributed by atoms with Crippen molar-refractivity contribution in [1.82, 2.24) is 4.90 Å². The van der Waals surface area contributed by atoms with E-state index in [1.165, 1.54) is 18.2 Å². The fourth-order valence-corrected chi connectivity index (χ4v) is 3.73. The Morgan fingerprint density at radius 3 is 2.67 bits per heavy atom. The van der Waals surface area contributed by atoms with Crippen LogP contribution in [0.25, 0.3) is 0 Å². The molecular formula is C21H25NO2. The molecule has 2 aromatic carbocycles. The van der Waals surface area contributed by atoms with Crippen LogP contribution in [0.15, 0.2) is 54.6 Å². The Morgan fingerprint density at radius 1 is 1.17 bits per heavy atom. The Bertz CT molecular complexity index is 683. The van der Waals surface area contributed by atoms with Crippen LogP contribution < -0.4 is 0 Å². The van der Waals surface area contributed by atoms with E-state index in [0.29, 0.717) is 17.4 Å². The summed E-state index contributed by atoms with van der Waals surface area (Å²) < 4.78 is 4.84. The molecule has 1 saturated heterocycles. The number of hydrogen-bond donors (Lipinski definition) is 0. The summed E-state index contributed by atoms with van der Waals surface area (Å²) in [5.74, 6) is 0.808. The van der Waals surface area contributed by atoms with Crippen molar-refractivity contribution in [3.05, 3.63) is 71.3 Å². The smallest absolute Gasteiger partial charge is 0.337 e. The molecular weight excluding hydrogens is 298 g/mol. The van der Waals surface area contributed by atoms with Crippen LogP contribution >= 0.6 is 0 Å². The maximum atomic E-state index is 11.8. The summed E-state index contributed by atoms with van der Waals surface area (Å²) in [6.07, 6.45) is 1.12. The lowest BCUT2D eigenvalue weighted by Crippen LogP contribution is -2.37. The van der Waals surface area contributed by atoms with Crippen molar-refractivity contribution in [3.63, 3.8) is 0 Å². The fourth-order valence-electron chi connectivity index (χ4n) is 3.73. The van der Waals surface area contributed by atoms with E-state index in [0.717, 1.165) is 26.1 Å². The van der Waals surface area contributed by atoms with Crippen molar-refractivity contribution in [2.45, 2.75) is 25.8 Å². The number of methoxy groups -OCH3 is 1. The maximum absolute atomic E-state index is 11.8. The van der Waals surface area contributed by atoms with E-state index in [4.69, 9.17) is 4.74 Å². The highest BCUT2D eigenvalue weighted by Crippen LogP contribution is 2.33. The zero-order valence-electron chi connectivity index (χ0n) is 14.4. The molecule has 0 N–H and O–H groups in total. The van der Waals surface area contributed by atoms with Crippen LogP contribution in [-0.2, 0) is 11.3 Å². The van der Waals surface area contributed by atoms with Crippen molar-refractivity contribution < 1.29 is 9.53 Å². The minimum absolute atomic E-state index is 0.258. The average Bonchev–Trinajstić information content (AvgIpc) is 2.62. The predicted octanol–water partition coefficient (Wildman–Crippen LogP) is 4.10. The second-order valence-electron chi connectivity index (χ2n) is 6.71. The number of esters is 1. The van der Waals surface area contributed by atoms with Crippen LogP contribution in [0.1, 0.15) is 40.7 Å². The number of benzene rings is 2. The third-order valence-electron chi connectivity index (χ3n) is 4.97. The molecule has 1 heterocycles. The number of likely N-dealkylation sites (tertiary alicyclic amines) is 1. The van der Waals surface area contributed by atoms with Gasteiger partial charge in [0.2, 0.25) is 0 Å². The maximum Gasteiger partial charge on any atom is 0.337 e. The van der Waals surface area contributed by atoms with E-state index in [1.54, 1.807) is 0 Å². The van der Waals surface area contributed by atoms with Gasteiger partial charge in [-0.15, -0.1) is 0 Å². The molecule has 2 aromatic rings. The Hall–Kier alpha value is -2.13. The summed E-state index contributed by atoms with van der Waals surface area (Å²) in [4.78, 5) is 14.3. The van der Waals surface area contributed by atoms with Crippen LogP contribution in [0.3, 0.4) is 0 Å². The summed E-state index contributed by atoms with van der Waals surface area (Å²) >= 11 is 0. The van der Waals surface area contributed by atoms with Gasteiger partial charge in [-0.3, -0.25) is 4.90 Å². The number of carbonyl (C=O) groups excluding carboxylic acids is 1. The zero-order valence-corrected chi connectivity index (χ0v) is 14.4. The minimum Gasteiger partial charge on any atom is -0.465 e. The molecule has 0 amide bonds. The van der Waals surface area contributed by atoms with Crippen LogP contribution in [0.4, 0.5) is 0 Å². The molecule has 0 unspecified atom stereocenters. The van der Waals surface area contributed by atoms with E-state index >= 15 is 0 Å². The van der Waals surface area contributed by atoms with Crippen molar-refractivity contribution in [2.75, 3.05) is 20.2 Å². The first-order valence-electron chi connectivity index (χ1n) is 8.62. The number of nitrogens with zero attached hydrogens (tertiary/aromatic N) is 1. The average molecular weight is 323 g/mol. The molecule has 3 rings (SSSR count). The van der Waals surface area contributed by atoms with Gasteiger partial charge in [-0.25, -0.2) is 4.79 Å². The van der Waals surface area contributed by atoms with Gasteiger partial charge >= 0.3 is 5.97 Å². The van der Waals surface area contributed by atoms with E-state index in [9.17, 15) is 4.79 Å². The Morgan fingerprint density at radius 2 is 1.96 bits per heavy atom. The van der Waals surface area contributed by atoms with Gasteiger partial charge < -0.3 is 4.74 Å². The summed E-state index contributed by atoms with van der Waals surface area (Å²) in [5.41, 5.74) is 3.27. The van der Waals surface area contributed by atoms with Crippen LogP contribution in [0, 0.1) is 5.92 Å². The first kappa shape index (κ1) is 16.7. The Labute approximate surface area is 144 Å². The third-order valence-corrected chi connectivity index (χ3v) is 4.97. The van der Waals surface area contributed by atoms with E-state index in [1.807, 2.05) is 18.2 Å². The van der Waals surface area contributed by atoms with Gasteiger partial charge in [-0.05, 0) is 48.1 Å². The van der Waals surface area contributed by atoms with E-state index < -0.39 is 0 Å². The standard InChI is InChI=1S/C21H25NO2/c1-16-14-22(15-17-7-4-3-5-8-17)12-11-20(16)18-9-6-10-19(13-18)21(23)24-2/h3-10,13,16,20H,11-12,14-15H2,1-2H3/t16-,20-/m0/s1. The molecule has 2 atom stereocenters. The van der Waals surface area contributed by atoms with Gasteiger partial charge in [0.15, 0.2) is 0 Å². The molecule has 3 heteroatoms. The first-order chi connectivity index (χ1) is 11.7. The molecule has 126 valence electrons. The second kappa shape index (κ2) is 7.63. The third kappa shape index (κ3) is 3.85. The molecule has 0 aliphatic carbocycles. The predicted molar refractivity (Wildman–Crippen MR) is 96.0 cm³/mol. The van der Waals surface area contributed by atoms with Crippen LogP contribution in [0.5, 0.6) is 0 Å². The number of ether oxygens (including phenoxy) is 1. The minimum atomic E-state index is -0.258. The van der Waals surface area contributed by atoms with E-state index in [2.05, 4.69) is 48.2 Å². The van der Waals surface area contributed by atoms with Gasteiger partial charge in [0.25, 0.3) is 0 Å². The van der Waals surface area contributed by atoms with Crippen LogP contribution in [-0.4, -0.2) is 31.1 Å². The molecule has 0 saturated carbocycles. The summed E-state index contributed by atoms with van der Waals surface area (Å²) in [6.45, 7) is 5.50. The number of piperidine rings is 1. The molecule has 3 nitrogen and oxygen atoms in total. The molecule has 0 aromatic heterocycles. The zero-order chi connectivity index (χ0) is 16.9. The van der Waals surface area contributed by atoms with Gasteiger partial charge in [0.1, 0.15) is 0 Å². The van der Waals surface area contributed by atoms with Crippen molar-refractivity contribution in [1.29, 1.82) is 0 Å². The second-order valence-corrected chi connectivity index (χ2v) is 6.71. The number of rotatable bonds is 4. The monoisotopic (exact) mass is 323 g/mol. The largest absolute Gasteiger partial charge is 0.465 e. The molecule has 0 radical (unpaired) electrons. The van der Waals surface area contributed by atoms with Crippen molar-refractivity contribution in [3.8, 4) is 0 Å². The van der Waals surface area contributed by atoms with Gasteiger partial charge in [-0.1, -0.05) is 49.4 Å². The SMILES string of the molecule is COC(=O)c1cccc([C@H]2CCN(Cc3ccccc3)C[C@@H]2C)c1. The summed E-state index contributed by atoms with van der Waals surface area (Å²) in [5, 5.41) is 0. The highest BCUT2D eigenvalue weighted by molar-refractivity contribution is 5.89. The number of hydrogen-bond acceptors (Lipinski definition) is 3. The number of carbonyl (C=O) groups is 1. The quantitative estimate of drug-likeness (QED) is 0.793. The molecule has 0 bridgehead atoms. The molecule has 1 aliphatic heterocycles. The van der Waals surface area contributed by atoms with E-state index in [-0.39, 0.29) is 5.97 Å². The lowest BCUT2D eigenvalue weighted by Gasteiger charge is -2.37. The Kier molecular flexibility index (Phi) is 5.31. The highest BCUT2D eigenvalue weighted by Gasteiger charge is 2.27. The van der Waals surface area contributed by atoms with Crippen molar-refractivity contribution >= 4 is 5.97 Å². The van der Waals surface area contributed by atoms with Crippen LogP contribution in [0.2, 0.25) is 0 Å². The van der Waals surface area contributed by atoms with Gasteiger partial charge in [-0.2, -0.15) is 0 Å². The van der Waals surface area contributed by atoms with Gasteiger partial charge in [0.05, 0.1) is 12.7 Å². The fraction of sp³-hybridized carbons (Fsp3) is 0.381. The van der Waals surface area contributed by atoms with Gasteiger partial charge in [0, 0.05) is 13.1 Å². The molecule has 0 spiro atoms. The Balaban J connectivity index is 1.66. The first-order valence-corrected chi connectivity index (χ1v) is 8.62. The molecule has 1 fully saturated rings. The lowest BCUT2D eigenvalue weighted by atomic mass is 9.81. The lowest BCUT2D eigenvalue weighted by molar-refractivity contribution is 0.0600.